The molecule has 7 nitrogen and oxygen atoms in total. The summed E-state index contributed by atoms with van der Waals surface area (Å²) in [5.41, 5.74) is -1.18. The fourth-order valence-electron chi connectivity index (χ4n) is 0.882. The highest BCUT2D eigenvalue weighted by molar-refractivity contribution is 9.09. The van der Waals surface area contributed by atoms with Crippen LogP contribution in [0.5, 0.6) is 0 Å². The van der Waals surface area contributed by atoms with Gasteiger partial charge in [0.25, 0.3) is 0 Å². The number of Topliss-reactive ketones (excluding diaryl/α,β-unsaturated/α-hetero) is 1. The number of hydrogen-bond acceptors (Lipinski definition) is 7. The summed E-state index contributed by atoms with van der Waals surface area (Å²) in [6.07, 6.45) is 0. The fourth-order valence-corrected chi connectivity index (χ4v) is 1.15. The summed E-state index contributed by atoms with van der Waals surface area (Å²) in [6.45, 7) is 4.58. The van der Waals surface area contributed by atoms with Gasteiger partial charge >= 0.3 is 11.9 Å². The Balaban J connectivity index is 4.53. The second-order valence-electron chi connectivity index (χ2n) is 4.35. The molecule has 0 amide bonds. The van der Waals surface area contributed by atoms with Gasteiger partial charge in [-0.2, -0.15) is 0 Å². The van der Waals surface area contributed by atoms with Crippen molar-refractivity contribution >= 4 is 39.4 Å². The van der Waals surface area contributed by atoms with E-state index in [0.29, 0.717) is 0 Å². The number of hydrogen-bond donors (Lipinski definition) is 0. The van der Waals surface area contributed by atoms with Crippen LogP contribution in [-0.2, 0) is 28.7 Å². The standard InChI is InChI=1S/C11H16BrNO6/c1-11(2,3)19-8(15)6-18-13-9(7(14)5-12)10(16)17-4/h5-6H2,1-4H3/b13-9+. The molecule has 0 rings (SSSR count). The summed E-state index contributed by atoms with van der Waals surface area (Å²) in [5.74, 6) is -2.21. The quantitative estimate of drug-likeness (QED) is 0.234. The van der Waals surface area contributed by atoms with Crippen LogP contribution in [-0.4, -0.2) is 48.1 Å². The Morgan fingerprint density at radius 2 is 1.79 bits per heavy atom. The van der Waals surface area contributed by atoms with Crippen LogP contribution in [0.2, 0.25) is 0 Å². The lowest BCUT2D eigenvalue weighted by molar-refractivity contribution is -0.160. The van der Waals surface area contributed by atoms with Crippen LogP contribution >= 0.6 is 15.9 Å². The average Bonchev–Trinajstić information content (AvgIpc) is 2.30. The van der Waals surface area contributed by atoms with Gasteiger partial charge in [0.1, 0.15) is 5.60 Å². The highest BCUT2D eigenvalue weighted by atomic mass is 79.9. The molecule has 19 heavy (non-hydrogen) atoms. The van der Waals surface area contributed by atoms with E-state index < -0.39 is 35.6 Å². The molecule has 0 aliphatic carbocycles. The van der Waals surface area contributed by atoms with Crippen LogP contribution in [0.1, 0.15) is 20.8 Å². The Labute approximate surface area is 119 Å². The zero-order chi connectivity index (χ0) is 15.1. The number of nitrogens with zero attached hydrogens (tertiary/aromatic N) is 1. The third kappa shape index (κ3) is 7.55. The Morgan fingerprint density at radius 1 is 1.21 bits per heavy atom. The molecule has 0 bridgehead atoms. The van der Waals surface area contributed by atoms with Crippen molar-refractivity contribution < 1.29 is 28.7 Å². The summed E-state index contributed by atoms with van der Waals surface area (Å²) in [6, 6.07) is 0. The molecule has 0 atom stereocenters. The number of carbonyl (C=O) groups excluding carboxylic acids is 3. The minimum absolute atomic E-state index is 0.114. The van der Waals surface area contributed by atoms with Gasteiger partial charge in [-0.05, 0) is 20.8 Å². The fraction of sp³-hybridized carbons (Fsp3) is 0.636. The highest BCUT2D eigenvalue weighted by Crippen LogP contribution is 2.06. The number of oxime groups is 1. The maximum atomic E-state index is 11.3. The number of esters is 2. The van der Waals surface area contributed by atoms with Crippen molar-refractivity contribution in [2.75, 3.05) is 19.0 Å². The first-order valence-electron chi connectivity index (χ1n) is 5.30. The summed E-state index contributed by atoms with van der Waals surface area (Å²) in [7, 11) is 1.10. The second-order valence-corrected chi connectivity index (χ2v) is 4.91. The lowest BCUT2D eigenvalue weighted by atomic mass is 10.2. The van der Waals surface area contributed by atoms with Gasteiger partial charge in [-0.25, -0.2) is 9.59 Å². The Hall–Kier alpha value is -1.44. The average molecular weight is 338 g/mol. The van der Waals surface area contributed by atoms with Gasteiger partial charge in [0.05, 0.1) is 12.4 Å². The number of ether oxygens (including phenoxy) is 2. The smallest absolute Gasteiger partial charge is 0.363 e. The molecule has 0 N–H and O–H groups in total. The normalized spacial score (nSPS) is 11.7. The molecule has 0 saturated carbocycles. The zero-order valence-electron chi connectivity index (χ0n) is 11.2. The van der Waals surface area contributed by atoms with Crippen molar-refractivity contribution in [2.45, 2.75) is 26.4 Å². The van der Waals surface area contributed by atoms with Crippen molar-refractivity contribution in [1.82, 2.24) is 0 Å². The number of carbonyl (C=O) groups is 3. The zero-order valence-corrected chi connectivity index (χ0v) is 12.8. The summed E-state index contributed by atoms with van der Waals surface area (Å²) in [4.78, 5) is 38.5. The van der Waals surface area contributed by atoms with E-state index in [2.05, 4.69) is 30.7 Å². The molecule has 0 spiro atoms. The first kappa shape index (κ1) is 17.6. The van der Waals surface area contributed by atoms with Gasteiger partial charge < -0.3 is 14.3 Å². The van der Waals surface area contributed by atoms with E-state index in [1.807, 2.05) is 0 Å². The minimum atomic E-state index is -0.936. The maximum Gasteiger partial charge on any atom is 0.363 e. The number of halogens is 1. The topological polar surface area (TPSA) is 91.3 Å². The molecule has 0 aromatic heterocycles. The minimum Gasteiger partial charge on any atom is -0.464 e. The maximum absolute atomic E-state index is 11.3. The van der Waals surface area contributed by atoms with Gasteiger partial charge in [-0.15, -0.1) is 0 Å². The predicted molar refractivity (Wildman–Crippen MR) is 70.0 cm³/mol. The molecular formula is C11H16BrNO6. The van der Waals surface area contributed by atoms with E-state index in [1.165, 1.54) is 0 Å². The molecule has 0 saturated heterocycles. The largest absolute Gasteiger partial charge is 0.464 e. The number of ketones is 1. The first-order valence-corrected chi connectivity index (χ1v) is 6.42. The third-order valence-corrected chi connectivity index (χ3v) is 2.03. The van der Waals surface area contributed by atoms with Crippen molar-refractivity contribution in [2.24, 2.45) is 5.16 Å². The Kier molecular flexibility index (Phi) is 7.28. The van der Waals surface area contributed by atoms with Gasteiger partial charge in [0.15, 0.2) is 0 Å². The Bertz CT molecular complexity index is 367. The summed E-state index contributed by atoms with van der Waals surface area (Å²) < 4.78 is 9.32. The van der Waals surface area contributed by atoms with Crippen LogP contribution < -0.4 is 0 Å². The molecule has 108 valence electrons. The summed E-state index contributed by atoms with van der Waals surface area (Å²) in [5, 5.41) is 3.18. The van der Waals surface area contributed by atoms with E-state index >= 15 is 0 Å². The molecule has 0 aliphatic heterocycles. The second kappa shape index (κ2) is 7.88. The van der Waals surface area contributed by atoms with E-state index in [1.54, 1.807) is 20.8 Å². The molecule has 0 radical (unpaired) electrons. The van der Waals surface area contributed by atoms with Gasteiger partial charge in [0.2, 0.25) is 18.1 Å². The molecule has 8 heteroatoms. The molecule has 0 fully saturated rings. The van der Waals surface area contributed by atoms with Gasteiger partial charge in [-0.1, -0.05) is 21.1 Å². The van der Waals surface area contributed by atoms with Crippen molar-refractivity contribution in [1.29, 1.82) is 0 Å². The van der Waals surface area contributed by atoms with Crippen LogP contribution in [0.3, 0.4) is 0 Å². The van der Waals surface area contributed by atoms with Crippen molar-refractivity contribution in [3.05, 3.63) is 0 Å². The van der Waals surface area contributed by atoms with Crippen molar-refractivity contribution in [3.8, 4) is 0 Å². The molecule has 0 unspecified atom stereocenters. The number of alkyl halides is 1. The number of rotatable bonds is 6. The van der Waals surface area contributed by atoms with E-state index in [4.69, 9.17) is 4.74 Å². The molecule has 0 aliphatic rings. The van der Waals surface area contributed by atoms with E-state index in [0.717, 1.165) is 7.11 Å². The molecule has 0 heterocycles. The monoisotopic (exact) mass is 337 g/mol. The number of methoxy groups -OCH3 is 1. The van der Waals surface area contributed by atoms with Crippen LogP contribution in [0, 0.1) is 0 Å². The highest BCUT2D eigenvalue weighted by Gasteiger charge is 2.22. The lowest BCUT2D eigenvalue weighted by Gasteiger charge is -2.18. The summed E-state index contributed by atoms with van der Waals surface area (Å²) >= 11 is 2.89. The van der Waals surface area contributed by atoms with Gasteiger partial charge in [-0.3, -0.25) is 4.79 Å². The van der Waals surface area contributed by atoms with Crippen LogP contribution in [0.4, 0.5) is 0 Å². The van der Waals surface area contributed by atoms with Crippen LogP contribution in [0.25, 0.3) is 0 Å². The first-order chi connectivity index (χ1) is 8.71. The van der Waals surface area contributed by atoms with E-state index in [9.17, 15) is 14.4 Å². The molecule has 0 aromatic carbocycles. The van der Waals surface area contributed by atoms with Crippen LogP contribution in [0.15, 0.2) is 5.16 Å². The SMILES string of the molecule is COC(=O)/C(=N/OCC(=O)OC(C)(C)C)C(=O)CBr. The third-order valence-electron chi connectivity index (χ3n) is 1.52. The van der Waals surface area contributed by atoms with E-state index in [-0.39, 0.29) is 5.33 Å². The molecular weight excluding hydrogens is 322 g/mol. The van der Waals surface area contributed by atoms with Gasteiger partial charge in [0, 0.05) is 0 Å². The predicted octanol–water partition coefficient (Wildman–Crippen LogP) is 0.838. The molecule has 0 aromatic rings. The Morgan fingerprint density at radius 3 is 2.21 bits per heavy atom. The van der Waals surface area contributed by atoms with Crippen molar-refractivity contribution in [3.63, 3.8) is 0 Å². The lowest BCUT2D eigenvalue weighted by Crippen LogP contribution is -2.28.